The predicted molar refractivity (Wildman–Crippen MR) is 57.8 cm³/mol. The van der Waals surface area contributed by atoms with Crippen LogP contribution >= 0.6 is 0 Å². The van der Waals surface area contributed by atoms with E-state index in [0.717, 1.165) is 12.2 Å². The van der Waals surface area contributed by atoms with Gasteiger partial charge >= 0.3 is 0 Å². The molecule has 0 amide bonds. The molecule has 0 saturated heterocycles. The van der Waals surface area contributed by atoms with Crippen LogP contribution in [0.3, 0.4) is 0 Å². The molecule has 0 bridgehead atoms. The van der Waals surface area contributed by atoms with Crippen molar-refractivity contribution in [3.05, 3.63) is 29.8 Å². The van der Waals surface area contributed by atoms with Crippen LogP contribution in [0.4, 0.5) is 0 Å². The van der Waals surface area contributed by atoms with E-state index in [9.17, 15) is 0 Å². The van der Waals surface area contributed by atoms with Crippen molar-refractivity contribution in [3.63, 3.8) is 0 Å². The molecular formula is C11H16N2O. The summed E-state index contributed by atoms with van der Waals surface area (Å²) in [5, 5.41) is 7.02. The van der Waals surface area contributed by atoms with E-state index in [-0.39, 0.29) is 5.84 Å². The molecular weight excluding hydrogens is 176 g/mol. The number of nitrogens with one attached hydrogen (secondary N) is 1. The molecule has 76 valence electrons. The van der Waals surface area contributed by atoms with Gasteiger partial charge in [-0.1, -0.05) is 19.1 Å². The molecule has 0 unspecified atom stereocenters. The smallest absolute Gasteiger partial charge is 0.119 e. The molecule has 1 rings (SSSR count). The second-order valence-electron chi connectivity index (χ2n) is 3.12. The summed E-state index contributed by atoms with van der Waals surface area (Å²) in [5.74, 6) is 0.999. The van der Waals surface area contributed by atoms with E-state index in [1.165, 1.54) is 5.56 Å². The standard InChI is InChI=1S/C11H16N2O/c1-2-9-3-5-10(6-4-9)14-8-7-11(12)13/h3-6H,2,7-8H2,1H3,(H3,12,13). The number of benzene rings is 1. The van der Waals surface area contributed by atoms with Gasteiger partial charge in [-0.3, -0.25) is 5.41 Å². The van der Waals surface area contributed by atoms with Gasteiger partial charge in [0.15, 0.2) is 0 Å². The Labute approximate surface area is 84.4 Å². The Bertz CT molecular complexity index is 293. The van der Waals surface area contributed by atoms with E-state index in [2.05, 4.69) is 6.92 Å². The molecule has 1 aromatic carbocycles. The summed E-state index contributed by atoms with van der Waals surface area (Å²) in [6.07, 6.45) is 1.52. The van der Waals surface area contributed by atoms with E-state index in [4.69, 9.17) is 15.9 Å². The zero-order chi connectivity index (χ0) is 10.4. The number of amidine groups is 1. The monoisotopic (exact) mass is 192 g/mol. The Morgan fingerprint density at radius 3 is 2.50 bits per heavy atom. The van der Waals surface area contributed by atoms with Gasteiger partial charge in [-0.2, -0.15) is 0 Å². The van der Waals surface area contributed by atoms with Gasteiger partial charge < -0.3 is 10.5 Å². The van der Waals surface area contributed by atoms with Gasteiger partial charge in [0.25, 0.3) is 0 Å². The highest BCUT2D eigenvalue weighted by molar-refractivity contribution is 5.76. The fourth-order valence-corrected chi connectivity index (χ4v) is 1.10. The van der Waals surface area contributed by atoms with Crippen molar-refractivity contribution < 1.29 is 4.74 Å². The van der Waals surface area contributed by atoms with Crippen molar-refractivity contribution in [2.75, 3.05) is 6.61 Å². The normalized spacial score (nSPS) is 9.79. The number of ether oxygens (including phenoxy) is 1. The third kappa shape index (κ3) is 3.47. The highest BCUT2D eigenvalue weighted by atomic mass is 16.5. The molecule has 0 radical (unpaired) electrons. The largest absolute Gasteiger partial charge is 0.493 e. The zero-order valence-corrected chi connectivity index (χ0v) is 8.42. The average Bonchev–Trinajstić information content (AvgIpc) is 2.18. The lowest BCUT2D eigenvalue weighted by Gasteiger charge is -2.05. The van der Waals surface area contributed by atoms with E-state index in [0.29, 0.717) is 13.0 Å². The van der Waals surface area contributed by atoms with Crippen LogP contribution in [0, 0.1) is 5.41 Å². The molecule has 0 spiro atoms. The lowest BCUT2D eigenvalue weighted by Crippen LogP contribution is -2.13. The third-order valence-electron chi connectivity index (χ3n) is 1.97. The van der Waals surface area contributed by atoms with Crippen molar-refractivity contribution >= 4 is 5.84 Å². The van der Waals surface area contributed by atoms with Crippen molar-refractivity contribution in [1.29, 1.82) is 5.41 Å². The summed E-state index contributed by atoms with van der Waals surface area (Å²) in [4.78, 5) is 0. The molecule has 0 saturated carbocycles. The highest BCUT2D eigenvalue weighted by Gasteiger charge is 1.95. The first kappa shape index (κ1) is 10.6. The number of rotatable bonds is 5. The van der Waals surface area contributed by atoms with Crippen LogP contribution in [0.25, 0.3) is 0 Å². The number of hydrogen-bond donors (Lipinski definition) is 2. The van der Waals surface area contributed by atoms with Crippen LogP contribution in [-0.4, -0.2) is 12.4 Å². The van der Waals surface area contributed by atoms with Gasteiger partial charge in [0.2, 0.25) is 0 Å². The molecule has 0 heterocycles. The fourth-order valence-electron chi connectivity index (χ4n) is 1.10. The van der Waals surface area contributed by atoms with Gasteiger partial charge in [-0.15, -0.1) is 0 Å². The molecule has 3 heteroatoms. The number of nitrogens with two attached hydrogens (primary N) is 1. The summed E-state index contributed by atoms with van der Waals surface area (Å²) in [7, 11) is 0. The van der Waals surface area contributed by atoms with Gasteiger partial charge in [-0.25, -0.2) is 0 Å². The zero-order valence-electron chi connectivity index (χ0n) is 8.42. The van der Waals surface area contributed by atoms with Crippen LogP contribution in [0.5, 0.6) is 5.75 Å². The summed E-state index contributed by atoms with van der Waals surface area (Å²) in [6, 6.07) is 7.98. The second-order valence-corrected chi connectivity index (χ2v) is 3.12. The van der Waals surface area contributed by atoms with Gasteiger partial charge in [0, 0.05) is 6.42 Å². The molecule has 1 aromatic rings. The molecule has 0 aliphatic rings. The van der Waals surface area contributed by atoms with Crippen molar-refractivity contribution in [3.8, 4) is 5.75 Å². The lowest BCUT2D eigenvalue weighted by atomic mass is 10.2. The lowest BCUT2D eigenvalue weighted by molar-refractivity contribution is 0.328. The second kappa shape index (κ2) is 5.27. The Hall–Kier alpha value is -1.51. The van der Waals surface area contributed by atoms with Crippen molar-refractivity contribution in [1.82, 2.24) is 0 Å². The summed E-state index contributed by atoms with van der Waals surface area (Å²) < 4.78 is 5.40. The summed E-state index contributed by atoms with van der Waals surface area (Å²) in [6.45, 7) is 2.59. The first-order valence-electron chi connectivity index (χ1n) is 4.77. The third-order valence-corrected chi connectivity index (χ3v) is 1.97. The maximum Gasteiger partial charge on any atom is 0.119 e. The first-order valence-corrected chi connectivity index (χ1v) is 4.77. The van der Waals surface area contributed by atoms with Crippen LogP contribution in [0.2, 0.25) is 0 Å². The Morgan fingerprint density at radius 2 is 2.00 bits per heavy atom. The number of hydrogen-bond acceptors (Lipinski definition) is 2. The molecule has 0 aliphatic heterocycles. The van der Waals surface area contributed by atoms with Crippen LogP contribution in [0.15, 0.2) is 24.3 Å². The molecule has 3 nitrogen and oxygen atoms in total. The van der Waals surface area contributed by atoms with E-state index < -0.39 is 0 Å². The average molecular weight is 192 g/mol. The van der Waals surface area contributed by atoms with Crippen LogP contribution in [0.1, 0.15) is 18.9 Å². The fraction of sp³-hybridized carbons (Fsp3) is 0.364. The molecule has 0 fully saturated rings. The minimum absolute atomic E-state index is 0.162. The quantitative estimate of drug-likeness (QED) is 0.553. The minimum Gasteiger partial charge on any atom is -0.493 e. The van der Waals surface area contributed by atoms with Crippen LogP contribution < -0.4 is 10.5 Å². The van der Waals surface area contributed by atoms with E-state index in [1.54, 1.807) is 0 Å². The Kier molecular flexibility index (Phi) is 3.98. The minimum atomic E-state index is 0.162. The predicted octanol–water partition coefficient (Wildman–Crippen LogP) is 1.95. The van der Waals surface area contributed by atoms with Gasteiger partial charge in [0.05, 0.1) is 12.4 Å². The van der Waals surface area contributed by atoms with Crippen molar-refractivity contribution in [2.45, 2.75) is 19.8 Å². The first-order chi connectivity index (χ1) is 6.72. The van der Waals surface area contributed by atoms with E-state index in [1.807, 2.05) is 24.3 Å². The van der Waals surface area contributed by atoms with Crippen LogP contribution in [-0.2, 0) is 6.42 Å². The Balaban J connectivity index is 2.40. The molecule has 14 heavy (non-hydrogen) atoms. The molecule has 0 atom stereocenters. The Morgan fingerprint density at radius 1 is 1.36 bits per heavy atom. The van der Waals surface area contributed by atoms with E-state index >= 15 is 0 Å². The number of aryl methyl sites for hydroxylation is 1. The molecule has 0 aliphatic carbocycles. The molecule has 0 aromatic heterocycles. The molecule has 3 N–H and O–H groups in total. The van der Waals surface area contributed by atoms with Crippen molar-refractivity contribution in [2.24, 2.45) is 5.73 Å². The van der Waals surface area contributed by atoms with Gasteiger partial charge in [-0.05, 0) is 24.1 Å². The van der Waals surface area contributed by atoms with Gasteiger partial charge in [0.1, 0.15) is 5.75 Å². The maximum atomic E-state index is 7.02. The SMILES string of the molecule is CCc1ccc(OCCC(=N)N)cc1. The topological polar surface area (TPSA) is 59.1 Å². The maximum absolute atomic E-state index is 7.02. The summed E-state index contributed by atoms with van der Waals surface area (Å²) in [5.41, 5.74) is 6.50. The summed E-state index contributed by atoms with van der Waals surface area (Å²) >= 11 is 0. The highest BCUT2D eigenvalue weighted by Crippen LogP contribution is 2.12.